The number of aromatic nitrogens is 1. The molecule has 0 aliphatic heterocycles. The summed E-state index contributed by atoms with van der Waals surface area (Å²) in [7, 11) is 0. The van der Waals surface area contributed by atoms with Crippen molar-refractivity contribution in [1.82, 2.24) is 4.40 Å². The Morgan fingerprint density at radius 1 is 1.11 bits per heavy atom. The molecule has 2 aromatic heterocycles. The molecule has 4 aromatic rings. The van der Waals surface area contributed by atoms with Gasteiger partial charge in [0.15, 0.2) is 11.2 Å². The summed E-state index contributed by atoms with van der Waals surface area (Å²) in [6, 6.07) is 13.9. The number of halogens is 1. The number of hydrogen-bond acceptors (Lipinski definition) is 4. The summed E-state index contributed by atoms with van der Waals surface area (Å²) < 4.78 is 13.1. The first kappa shape index (κ1) is 17.4. The average Bonchev–Trinajstić information content (AvgIpc) is 2.63. The fraction of sp³-hybridized carbons (Fsp3) is 0.143. The van der Waals surface area contributed by atoms with E-state index in [9.17, 15) is 9.59 Å². The Bertz CT molecular complexity index is 1280. The number of carbonyl (C=O) groups excluding carboxylic acids is 1. The molecule has 6 heteroatoms. The summed E-state index contributed by atoms with van der Waals surface area (Å²) in [5, 5.41) is 1.65. The van der Waals surface area contributed by atoms with E-state index >= 15 is 0 Å². The van der Waals surface area contributed by atoms with Crippen molar-refractivity contribution in [2.45, 2.75) is 13.8 Å². The summed E-state index contributed by atoms with van der Waals surface area (Å²) in [5.41, 5.74) is 1.81. The van der Waals surface area contributed by atoms with Gasteiger partial charge in [-0.3, -0.25) is 9.59 Å². The van der Waals surface area contributed by atoms with Crippen molar-refractivity contribution in [3.8, 4) is 11.5 Å². The molecule has 0 bridgehead atoms. The minimum absolute atomic E-state index is 0.0940. The van der Waals surface area contributed by atoms with E-state index < -0.39 is 5.97 Å². The molecule has 0 aliphatic rings. The van der Waals surface area contributed by atoms with Gasteiger partial charge in [0.05, 0.1) is 28.0 Å². The second-order valence-electron chi connectivity index (χ2n) is 6.09. The van der Waals surface area contributed by atoms with E-state index in [0.29, 0.717) is 50.5 Å². The molecule has 0 saturated heterocycles. The zero-order chi connectivity index (χ0) is 19.1. The van der Waals surface area contributed by atoms with Crippen molar-refractivity contribution in [2.24, 2.45) is 0 Å². The molecule has 0 fully saturated rings. The molecule has 2 heterocycles. The highest BCUT2D eigenvalue weighted by Gasteiger charge is 2.18. The van der Waals surface area contributed by atoms with E-state index in [2.05, 4.69) is 0 Å². The number of hydrogen-bond donors (Lipinski definition) is 0. The van der Waals surface area contributed by atoms with E-state index in [0.717, 1.165) is 0 Å². The van der Waals surface area contributed by atoms with E-state index in [1.54, 1.807) is 30.3 Å². The van der Waals surface area contributed by atoms with Gasteiger partial charge in [0.2, 0.25) is 0 Å². The standard InChI is InChI=1S/C21H16ClNO4/c1-3-26-19-11-13-10-17(25)14-6-4-5-7-16(14)23(13)21-18(27-12(2)24)9-8-15(22)20(19)21/h4-11H,3H2,1-2H3. The van der Waals surface area contributed by atoms with Gasteiger partial charge in [0, 0.05) is 24.4 Å². The number of benzene rings is 2. The molecule has 0 aliphatic carbocycles. The lowest BCUT2D eigenvalue weighted by Crippen LogP contribution is -2.09. The SMILES string of the molecule is CCOc1cc2cc(=O)c3ccccc3n2c2c(OC(C)=O)ccc(Cl)c12. The first-order valence-corrected chi connectivity index (χ1v) is 8.90. The molecule has 0 saturated carbocycles. The zero-order valence-electron chi connectivity index (χ0n) is 14.8. The van der Waals surface area contributed by atoms with Crippen LogP contribution >= 0.6 is 11.6 Å². The van der Waals surface area contributed by atoms with Gasteiger partial charge in [-0.05, 0) is 31.2 Å². The smallest absolute Gasteiger partial charge is 0.308 e. The Labute approximate surface area is 159 Å². The lowest BCUT2D eigenvalue weighted by Gasteiger charge is -2.17. The van der Waals surface area contributed by atoms with E-state index in [1.165, 1.54) is 6.92 Å². The molecule has 0 atom stereocenters. The van der Waals surface area contributed by atoms with Crippen LogP contribution in [0.1, 0.15) is 13.8 Å². The highest BCUT2D eigenvalue weighted by atomic mass is 35.5. The molecule has 0 unspecified atom stereocenters. The molecule has 0 radical (unpaired) electrons. The van der Waals surface area contributed by atoms with Gasteiger partial charge < -0.3 is 13.9 Å². The molecule has 136 valence electrons. The number of para-hydroxylation sites is 1. The van der Waals surface area contributed by atoms with Crippen LogP contribution in [0.15, 0.2) is 53.3 Å². The largest absolute Gasteiger partial charge is 0.493 e. The average molecular weight is 382 g/mol. The lowest BCUT2D eigenvalue weighted by atomic mass is 10.1. The van der Waals surface area contributed by atoms with Gasteiger partial charge in [-0.2, -0.15) is 0 Å². The predicted octanol–water partition coefficient (Wildman–Crippen LogP) is 4.58. The summed E-state index contributed by atoms with van der Waals surface area (Å²) in [6.45, 7) is 3.64. The van der Waals surface area contributed by atoms with Crippen molar-refractivity contribution in [3.05, 3.63) is 63.8 Å². The molecule has 27 heavy (non-hydrogen) atoms. The number of nitrogens with zero attached hydrogens (tertiary/aromatic N) is 1. The molecular weight excluding hydrogens is 366 g/mol. The van der Waals surface area contributed by atoms with Crippen LogP contribution in [0.4, 0.5) is 0 Å². The van der Waals surface area contributed by atoms with Gasteiger partial charge in [-0.15, -0.1) is 0 Å². The second kappa shape index (κ2) is 6.59. The van der Waals surface area contributed by atoms with Gasteiger partial charge in [0.25, 0.3) is 0 Å². The summed E-state index contributed by atoms with van der Waals surface area (Å²) in [4.78, 5) is 24.2. The van der Waals surface area contributed by atoms with Gasteiger partial charge in [-0.1, -0.05) is 23.7 Å². The fourth-order valence-electron chi connectivity index (χ4n) is 3.37. The lowest BCUT2D eigenvalue weighted by molar-refractivity contribution is -0.131. The Morgan fingerprint density at radius 2 is 1.89 bits per heavy atom. The number of rotatable bonds is 3. The molecule has 5 nitrogen and oxygen atoms in total. The highest BCUT2D eigenvalue weighted by molar-refractivity contribution is 6.36. The maximum absolute atomic E-state index is 12.6. The van der Waals surface area contributed by atoms with Crippen LogP contribution in [0.5, 0.6) is 11.5 Å². The molecule has 4 rings (SSSR count). The number of ether oxygens (including phenoxy) is 2. The van der Waals surface area contributed by atoms with Crippen LogP contribution in [0.25, 0.3) is 27.3 Å². The fourth-order valence-corrected chi connectivity index (χ4v) is 3.61. The topological polar surface area (TPSA) is 57.0 Å². The zero-order valence-corrected chi connectivity index (χ0v) is 15.5. The highest BCUT2D eigenvalue weighted by Crippen LogP contribution is 2.39. The predicted molar refractivity (Wildman–Crippen MR) is 106 cm³/mol. The van der Waals surface area contributed by atoms with Crippen molar-refractivity contribution < 1.29 is 14.3 Å². The first-order valence-electron chi connectivity index (χ1n) is 8.52. The summed E-state index contributed by atoms with van der Waals surface area (Å²) >= 11 is 6.49. The van der Waals surface area contributed by atoms with E-state index in [-0.39, 0.29) is 5.43 Å². The van der Waals surface area contributed by atoms with Crippen LogP contribution in [0.2, 0.25) is 5.02 Å². The van der Waals surface area contributed by atoms with Crippen LogP contribution in [0, 0.1) is 0 Å². The Hall–Kier alpha value is -3.05. The Kier molecular flexibility index (Phi) is 4.24. The van der Waals surface area contributed by atoms with Crippen LogP contribution in [-0.2, 0) is 4.79 Å². The monoisotopic (exact) mass is 381 g/mol. The van der Waals surface area contributed by atoms with E-state index in [4.69, 9.17) is 21.1 Å². The number of carbonyl (C=O) groups is 1. The summed E-state index contributed by atoms with van der Waals surface area (Å²) in [5.74, 6) is 0.433. The third-order valence-electron chi connectivity index (χ3n) is 4.34. The summed E-state index contributed by atoms with van der Waals surface area (Å²) in [6.07, 6.45) is 0. The number of fused-ring (bicyclic) bond motifs is 5. The molecule has 0 spiro atoms. The maximum Gasteiger partial charge on any atom is 0.308 e. The van der Waals surface area contributed by atoms with Crippen molar-refractivity contribution in [1.29, 1.82) is 0 Å². The molecule has 0 amide bonds. The first-order chi connectivity index (χ1) is 13.0. The molecule has 0 N–H and O–H groups in total. The van der Waals surface area contributed by atoms with Crippen molar-refractivity contribution in [3.63, 3.8) is 0 Å². The second-order valence-corrected chi connectivity index (χ2v) is 6.50. The minimum Gasteiger partial charge on any atom is -0.493 e. The third kappa shape index (κ3) is 2.80. The van der Waals surface area contributed by atoms with Crippen LogP contribution in [-0.4, -0.2) is 17.0 Å². The number of esters is 1. The molecular formula is C21H16ClNO4. The van der Waals surface area contributed by atoms with Crippen LogP contribution in [0.3, 0.4) is 0 Å². The quantitative estimate of drug-likeness (QED) is 0.296. The minimum atomic E-state index is -0.445. The van der Waals surface area contributed by atoms with E-state index in [1.807, 2.05) is 29.5 Å². The van der Waals surface area contributed by atoms with Gasteiger partial charge in [-0.25, -0.2) is 0 Å². The van der Waals surface area contributed by atoms with Crippen LogP contribution < -0.4 is 14.9 Å². The third-order valence-corrected chi connectivity index (χ3v) is 4.66. The Morgan fingerprint density at radius 3 is 2.63 bits per heavy atom. The van der Waals surface area contributed by atoms with Gasteiger partial charge >= 0.3 is 5.97 Å². The normalized spacial score (nSPS) is 11.2. The number of pyridine rings is 2. The van der Waals surface area contributed by atoms with Gasteiger partial charge in [0.1, 0.15) is 11.3 Å². The maximum atomic E-state index is 12.6. The Balaban J connectivity index is 2.33. The van der Waals surface area contributed by atoms with Crippen molar-refractivity contribution in [2.75, 3.05) is 6.61 Å². The molecule has 2 aromatic carbocycles. The van der Waals surface area contributed by atoms with Crippen molar-refractivity contribution >= 4 is 44.9 Å².